The maximum absolute atomic E-state index is 15.3. The molecule has 1 fully saturated rings. The monoisotopic (exact) mass is 761 g/mol. The number of aryl methyl sites for hydroxylation is 1. The minimum Gasteiger partial charge on any atom is -0.497 e. The lowest BCUT2D eigenvalue weighted by molar-refractivity contribution is 0.414. The first kappa shape index (κ1) is 37.8. The van der Waals surface area contributed by atoms with E-state index in [1.165, 1.54) is 10.6 Å². The first-order valence-corrected chi connectivity index (χ1v) is 18.8. The standard InChI is InChI=1S/C43H45ClFN7O3/c1-26(2)38-40(27(3)21-37(47-38)50(24-29-11-15-31(54-5)16-12-29)25-30-13-17-32(55-6)18-14-30)52-42-34(41(49-43(52)53)51-20-19-46-23-28(51)4)22-35(44)39(48-42)33-9-7-8-10-36(33)45/h7-18,21-22,26,28,46H,19-20,23-25H2,1-6H3. The number of halogens is 2. The van der Waals surface area contributed by atoms with Gasteiger partial charge in [0.2, 0.25) is 0 Å². The molecular weight excluding hydrogens is 717 g/mol. The minimum absolute atomic E-state index is 0.0565. The summed E-state index contributed by atoms with van der Waals surface area (Å²) in [5, 5.41) is 4.26. The topological polar surface area (TPSA) is 97.6 Å². The van der Waals surface area contributed by atoms with Crippen molar-refractivity contribution in [1.29, 1.82) is 0 Å². The number of benzene rings is 3. The molecule has 0 spiro atoms. The smallest absolute Gasteiger partial charge is 0.355 e. The van der Waals surface area contributed by atoms with Crippen molar-refractivity contribution in [2.45, 2.75) is 52.7 Å². The van der Waals surface area contributed by atoms with Crippen molar-refractivity contribution in [3.63, 3.8) is 0 Å². The van der Waals surface area contributed by atoms with Gasteiger partial charge in [0.15, 0.2) is 5.65 Å². The molecule has 1 atom stereocenters. The molecule has 0 aliphatic carbocycles. The molecule has 6 aromatic rings. The Hall–Kier alpha value is -5.52. The highest BCUT2D eigenvalue weighted by molar-refractivity contribution is 6.33. The Labute approximate surface area is 325 Å². The number of methoxy groups -OCH3 is 2. The number of pyridine rings is 2. The molecule has 1 N–H and O–H groups in total. The molecule has 1 aliphatic rings. The highest BCUT2D eigenvalue weighted by Gasteiger charge is 2.28. The third kappa shape index (κ3) is 7.72. The highest BCUT2D eigenvalue weighted by atomic mass is 35.5. The highest BCUT2D eigenvalue weighted by Crippen LogP contribution is 2.37. The number of aromatic nitrogens is 4. The summed E-state index contributed by atoms with van der Waals surface area (Å²) in [6.45, 7) is 11.4. The number of fused-ring (bicyclic) bond motifs is 1. The summed E-state index contributed by atoms with van der Waals surface area (Å²) in [4.78, 5) is 33.9. The molecule has 0 radical (unpaired) electrons. The van der Waals surface area contributed by atoms with Crippen molar-refractivity contribution in [2.24, 2.45) is 0 Å². The van der Waals surface area contributed by atoms with Crippen LogP contribution in [0.3, 0.4) is 0 Å². The Bertz CT molecular complexity index is 2340. The lowest BCUT2D eigenvalue weighted by atomic mass is 10.0. The SMILES string of the molecule is COc1ccc(CN(Cc2ccc(OC)cc2)c2cc(C)c(-n3c(=O)nc(N4CCNCC4C)c4cc(Cl)c(-c5ccccc5F)nc43)c(C(C)C)n2)cc1. The van der Waals surface area contributed by atoms with Crippen LogP contribution in [-0.4, -0.2) is 59.4 Å². The number of piperazine rings is 1. The number of ether oxygens (including phenoxy) is 2. The molecule has 0 bridgehead atoms. The fourth-order valence-corrected chi connectivity index (χ4v) is 7.43. The van der Waals surface area contributed by atoms with Gasteiger partial charge in [0.05, 0.1) is 41.7 Å². The van der Waals surface area contributed by atoms with Crippen molar-refractivity contribution < 1.29 is 13.9 Å². The number of anilines is 2. The molecule has 3 aromatic carbocycles. The zero-order valence-corrected chi connectivity index (χ0v) is 32.7. The lowest BCUT2D eigenvalue weighted by Crippen LogP contribution is -2.50. The zero-order chi connectivity index (χ0) is 38.8. The van der Waals surface area contributed by atoms with E-state index in [2.05, 4.69) is 35.9 Å². The number of nitrogens with one attached hydrogen (secondary N) is 1. The summed E-state index contributed by atoms with van der Waals surface area (Å²) < 4.78 is 27.7. The van der Waals surface area contributed by atoms with Crippen LogP contribution in [0, 0.1) is 12.7 Å². The van der Waals surface area contributed by atoms with E-state index < -0.39 is 11.5 Å². The van der Waals surface area contributed by atoms with E-state index in [0.29, 0.717) is 47.9 Å². The van der Waals surface area contributed by atoms with Crippen LogP contribution >= 0.6 is 11.6 Å². The average Bonchev–Trinajstić information content (AvgIpc) is 3.18. The summed E-state index contributed by atoms with van der Waals surface area (Å²) in [6, 6.07) is 26.2. The van der Waals surface area contributed by atoms with E-state index >= 15 is 4.39 Å². The summed E-state index contributed by atoms with van der Waals surface area (Å²) in [5.74, 6) is 2.24. The molecule has 0 saturated carbocycles. The van der Waals surface area contributed by atoms with Gasteiger partial charge in [-0.2, -0.15) is 4.98 Å². The van der Waals surface area contributed by atoms with Crippen LogP contribution < -0.4 is 30.3 Å². The third-order valence-corrected chi connectivity index (χ3v) is 10.3. The fourth-order valence-electron chi connectivity index (χ4n) is 7.17. The lowest BCUT2D eigenvalue weighted by Gasteiger charge is -2.35. The van der Waals surface area contributed by atoms with Crippen molar-refractivity contribution in [3.8, 4) is 28.4 Å². The Kier molecular flexibility index (Phi) is 11.0. The Morgan fingerprint density at radius 3 is 2.15 bits per heavy atom. The summed E-state index contributed by atoms with van der Waals surface area (Å²) in [6.07, 6.45) is 0. The molecule has 55 heavy (non-hydrogen) atoms. The maximum Gasteiger partial charge on any atom is 0.355 e. The predicted molar refractivity (Wildman–Crippen MR) is 218 cm³/mol. The third-order valence-electron chi connectivity index (χ3n) is 10.1. The second-order valence-corrected chi connectivity index (χ2v) is 14.6. The van der Waals surface area contributed by atoms with Crippen molar-refractivity contribution in [2.75, 3.05) is 43.7 Å². The van der Waals surface area contributed by atoms with Crippen LogP contribution in [0.1, 0.15) is 49.1 Å². The molecule has 10 nitrogen and oxygen atoms in total. The van der Waals surface area contributed by atoms with E-state index in [0.717, 1.165) is 47.1 Å². The van der Waals surface area contributed by atoms with E-state index in [9.17, 15) is 4.79 Å². The van der Waals surface area contributed by atoms with Gasteiger partial charge >= 0.3 is 5.69 Å². The van der Waals surface area contributed by atoms with Gasteiger partial charge in [-0.15, -0.1) is 0 Å². The van der Waals surface area contributed by atoms with E-state index in [-0.39, 0.29) is 28.2 Å². The van der Waals surface area contributed by atoms with Gasteiger partial charge in [-0.3, -0.25) is 0 Å². The second kappa shape index (κ2) is 16.1. The summed E-state index contributed by atoms with van der Waals surface area (Å²) >= 11 is 6.92. The molecule has 0 amide bonds. The molecule has 1 aliphatic heterocycles. The van der Waals surface area contributed by atoms with Crippen molar-refractivity contribution in [1.82, 2.24) is 24.8 Å². The summed E-state index contributed by atoms with van der Waals surface area (Å²) in [5.41, 5.74) is 4.55. The van der Waals surface area contributed by atoms with Gasteiger partial charge in [0, 0.05) is 44.3 Å². The number of nitrogens with zero attached hydrogens (tertiary/aromatic N) is 6. The van der Waals surface area contributed by atoms with E-state index in [1.807, 2.05) is 61.5 Å². The van der Waals surface area contributed by atoms with Gasteiger partial charge in [0.25, 0.3) is 0 Å². The summed E-state index contributed by atoms with van der Waals surface area (Å²) in [7, 11) is 3.31. The molecule has 1 saturated heterocycles. The average molecular weight is 762 g/mol. The molecule has 3 aromatic heterocycles. The zero-order valence-electron chi connectivity index (χ0n) is 31.9. The molecule has 4 heterocycles. The van der Waals surface area contributed by atoms with Crippen molar-refractivity contribution >= 4 is 34.3 Å². The van der Waals surface area contributed by atoms with Gasteiger partial charge in [-0.25, -0.2) is 23.7 Å². The van der Waals surface area contributed by atoms with E-state index in [1.54, 1.807) is 38.5 Å². The van der Waals surface area contributed by atoms with Crippen LogP contribution in [-0.2, 0) is 13.1 Å². The van der Waals surface area contributed by atoms with Gasteiger partial charge in [-0.05, 0) is 85.0 Å². The first-order chi connectivity index (χ1) is 26.6. The Morgan fingerprint density at radius 1 is 0.927 bits per heavy atom. The molecule has 284 valence electrons. The molecule has 1 unspecified atom stereocenters. The van der Waals surface area contributed by atoms with Crippen LogP contribution in [0.5, 0.6) is 11.5 Å². The number of hydrogen-bond donors (Lipinski definition) is 1. The van der Waals surface area contributed by atoms with Gasteiger partial charge < -0.3 is 24.6 Å². The molecule has 12 heteroatoms. The van der Waals surface area contributed by atoms with Crippen LogP contribution in [0.15, 0.2) is 89.7 Å². The Morgan fingerprint density at radius 2 is 1.56 bits per heavy atom. The quantitative estimate of drug-likeness (QED) is 0.141. The largest absolute Gasteiger partial charge is 0.497 e. The molecular formula is C43H45ClFN7O3. The van der Waals surface area contributed by atoms with Crippen LogP contribution in [0.25, 0.3) is 28.0 Å². The number of hydrogen-bond acceptors (Lipinski definition) is 9. The van der Waals surface area contributed by atoms with Crippen molar-refractivity contribution in [3.05, 3.63) is 129 Å². The Balaban J connectivity index is 1.43. The predicted octanol–water partition coefficient (Wildman–Crippen LogP) is 8.09. The first-order valence-electron chi connectivity index (χ1n) is 18.4. The minimum atomic E-state index is -0.504. The van der Waals surface area contributed by atoms with Crippen LogP contribution in [0.4, 0.5) is 16.0 Å². The van der Waals surface area contributed by atoms with E-state index in [4.69, 9.17) is 36.0 Å². The normalized spacial score (nSPS) is 14.4. The maximum atomic E-state index is 15.3. The fraction of sp³-hybridized carbons (Fsp3) is 0.302. The van der Waals surface area contributed by atoms with Crippen LogP contribution in [0.2, 0.25) is 5.02 Å². The second-order valence-electron chi connectivity index (χ2n) is 14.2. The van der Waals surface area contributed by atoms with Gasteiger partial charge in [-0.1, -0.05) is 61.8 Å². The number of rotatable bonds is 11. The molecule has 7 rings (SSSR count). The van der Waals surface area contributed by atoms with Gasteiger partial charge in [0.1, 0.15) is 29.0 Å².